The van der Waals surface area contributed by atoms with Crippen molar-refractivity contribution < 1.29 is 14.7 Å². The second-order valence-electron chi connectivity index (χ2n) is 5.16. The number of carbonyl (C=O) groups is 2. The molecule has 0 aromatic carbocycles. The third-order valence-electron chi connectivity index (χ3n) is 2.06. The van der Waals surface area contributed by atoms with Crippen LogP contribution in [-0.2, 0) is 9.59 Å². The van der Waals surface area contributed by atoms with Crippen LogP contribution in [0.5, 0.6) is 0 Å². The Morgan fingerprint density at radius 1 is 1.12 bits per heavy atom. The molecular weight excluding hydrogens is 220 g/mol. The van der Waals surface area contributed by atoms with Gasteiger partial charge in [0, 0.05) is 13.1 Å². The number of nitrogens with one attached hydrogen (secondary N) is 1. The molecule has 0 fully saturated rings. The second kappa shape index (κ2) is 8.06. The van der Waals surface area contributed by atoms with Gasteiger partial charge in [0.2, 0.25) is 5.91 Å². The molecule has 0 aliphatic carbocycles. The number of amides is 1. The van der Waals surface area contributed by atoms with Gasteiger partial charge in [0.05, 0.1) is 13.1 Å². The number of carbonyl (C=O) groups excluding carboxylic acids is 1. The van der Waals surface area contributed by atoms with E-state index in [9.17, 15) is 9.59 Å². The Hall–Kier alpha value is -1.10. The van der Waals surface area contributed by atoms with E-state index in [-0.39, 0.29) is 19.0 Å². The molecule has 2 N–H and O–H groups in total. The molecule has 0 aliphatic heterocycles. The molecule has 1 amide bonds. The molecular formula is C12H24N2O3. The van der Waals surface area contributed by atoms with Crippen molar-refractivity contribution in [1.29, 1.82) is 0 Å². The molecule has 5 nitrogen and oxygen atoms in total. The first-order valence-corrected chi connectivity index (χ1v) is 6.02. The molecule has 0 bridgehead atoms. The van der Waals surface area contributed by atoms with Crippen LogP contribution in [0, 0.1) is 11.8 Å². The minimum absolute atomic E-state index is 0.0900. The first-order chi connectivity index (χ1) is 7.81. The first kappa shape index (κ1) is 15.9. The van der Waals surface area contributed by atoms with Crippen LogP contribution in [0.25, 0.3) is 0 Å². The van der Waals surface area contributed by atoms with E-state index in [1.807, 2.05) is 27.7 Å². The largest absolute Gasteiger partial charge is 0.480 e. The predicted octanol–water partition coefficient (Wildman–Crippen LogP) is 0.801. The summed E-state index contributed by atoms with van der Waals surface area (Å²) in [5, 5.41) is 11.5. The smallest absolute Gasteiger partial charge is 0.317 e. The average molecular weight is 244 g/mol. The van der Waals surface area contributed by atoms with Crippen LogP contribution in [-0.4, -0.2) is 48.1 Å². The van der Waals surface area contributed by atoms with E-state index in [1.54, 1.807) is 4.90 Å². The fraction of sp³-hybridized carbons (Fsp3) is 0.833. The summed E-state index contributed by atoms with van der Waals surface area (Å²) < 4.78 is 0. The van der Waals surface area contributed by atoms with Gasteiger partial charge < -0.3 is 10.4 Å². The van der Waals surface area contributed by atoms with E-state index < -0.39 is 5.97 Å². The van der Waals surface area contributed by atoms with Gasteiger partial charge in [-0.2, -0.15) is 0 Å². The normalized spacial score (nSPS) is 11.2. The molecule has 0 unspecified atom stereocenters. The van der Waals surface area contributed by atoms with Crippen molar-refractivity contribution in [2.75, 3.05) is 26.2 Å². The Balaban J connectivity index is 4.12. The molecule has 0 spiro atoms. The highest BCUT2D eigenvalue weighted by atomic mass is 16.4. The predicted molar refractivity (Wildman–Crippen MR) is 66.8 cm³/mol. The fourth-order valence-corrected chi connectivity index (χ4v) is 1.47. The zero-order chi connectivity index (χ0) is 13.4. The second-order valence-corrected chi connectivity index (χ2v) is 5.16. The van der Waals surface area contributed by atoms with Crippen molar-refractivity contribution in [3.63, 3.8) is 0 Å². The van der Waals surface area contributed by atoms with E-state index >= 15 is 0 Å². The van der Waals surface area contributed by atoms with Gasteiger partial charge in [0.25, 0.3) is 0 Å². The number of hydrogen-bond acceptors (Lipinski definition) is 3. The molecule has 0 aliphatic rings. The quantitative estimate of drug-likeness (QED) is 0.662. The lowest BCUT2D eigenvalue weighted by Gasteiger charge is -2.21. The maximum absolute atomic E-state index is 11.6. The molecule has 0 aromatic rings. The number of rotatable bonds is 8. The molecule has 0 saturated heterocycles. The van der Waals surface area contributed by atoms with Gasteiger partial charge in [0.15, 0.2) is 0 Å². The summed E-state index contributed by atoms with van der Waals surface area (Å²) in [5.41, 5.74) is 0. The zero-order valence-corrected chi connectivity index (χ0v) is 11.2. The standard InChI is InChI=1S/C12H24N2O3/c1-9(2)5-13-11(15)7-14(6-10(3)4)8-12(16)17/h9-10H,5-8H2,1-4H3,(H,13,15)(H,16,17). The van der Waals surface area contributed by atoms with E-state index in [0.29, 0.717) is 24.9 Å². The van der Waals surface area contributed by atoms with Gasteiger partial charge >= 0.3 is 5.97 Å². The number of nitrogens with zero attached hydrogens (tertiary/aromatic N) is 1. The van der Waals surface area contributed by atoms with Crippen LogP contribution in [0.15, 0.2) is 0 Å². The van der Waals surface area contributed by atoms with Gasteiger partial charge in [0.1, 0.15) is 0 Å². The minimum atomic E-state index is -0.901. The third-order valence-corrected chi connectivity index (χ3v) is 2.06. The maximum atomic E-state index is 11.6. The summed E-state index contributed by atoms with van der Waals surface area (Å²) in [7, 11) is 0. The van der Waals surface area contributed by atoms with Crippen molar-refractivity contribution in [1.82, 2.24) is 10.2 Å². The highest BCUT2D eigenvalue weighted by Gasteiger charge is 2.15. The Bertz CT molecular complexity index is 252. The molecule has 0 atom stereocenters. The third kappa shape index (κ3) is 9.81. The Labute approximate surface area is 103 Å². The maximum Gasteiger partial charge on any atom is 0.317 e. The highest BCUT2D eigenvalue weighted by molar-refractivity contribution is 5.79. The number of hydrogen-bond donors (Lipinski definition) is 2. The van der Waals surface area contributed by atoms with E-state index in [0.717, 1.165) is 0 Å². The number of carboxylic acids is 1. The number of aliphatic carboxylic acids is 1. The van der Waals surface area contributed by atoms with Gasteiger partial charge in [-0.05, 0) is 11.8 Å². The van der Waals surface area contributed by atoms with E-state index in [4.69, 9.17) is 5.11 Å². The Morgan fingerprint density at radius 2 is 1.71 bits per heavy atom. The van der Waals surface area contributed by atoms with Crippen molar-refractivity contribution in [3.8, 4) is 0 Å². The molecule has 17 heavy (non-hydrogen) atoms. The van der Waals surface area contributed by atoms with Crippen LogP contribution in [0.1, 0.15) is 27.7 Å². The lowest BCUT2D eigenvalue weighted by molar-refractivity contribution is -0.138. The van der Waals surface area contributed by atoms with Crippen LogP contribution < -0.4 is 5.32 Å². The van der Waals surface area contributed by atoms with Gasteiger partial charge in [-0.1, -0.05) is 27.7 Å². The summed E-state index contributed by atoms with van der Waals surface area (Å²) in [6.07, 6.45) is 0. The van der Waals surface area contributed by atoms with Crippen LogP contribution in [0.3, 0.4) is 0 Å². The molecule has 0 heterocycles. The number of carboxylic acid groups (broad SMARTS) is 1. The van der Waals surface area contributed by atoms with Gasteiger partial charge in [-0.25, -0.2) is 0 Å². The van der Waals surface area contributed by atoms with Crippen LogP contribution in [0.4, 0.5) is 0 Å². The molecule has 0 rings (SSSR count). The summed E-state index contributed by atoms with van der Waals surface area (Å²) in [5.74, 6) is -0.271. The molecule has 0 aromatic heterocycles. The van der Waals surface area contributed by atoms with Crippen LogP contribution >= 0.6 is 0 Å². The SMILES string of the molecule is CC(C)CNC(=O)CN(CC(=O)O)CC(C)C. The van der Waals surface area contributed by atoms with Crippen LogP contribution in [0.2, 0.25) is 0 Å². The summed E-state index contributed by atoms with van der Waals surface area (Å²) in [4.78, 5) is 23.9. The highest BCUT2D eigenvalue weighted by Crippen LogP contribution is 1.98. The lowest BCUT2D eigenvalue weighted by atomic mass is 10.2. The monoisotopic (exact) mass is 244 g/mol. The fourth-order valence-electron chi connectivity index (χ4n) is 1.47. The zero-order valence-electron chi connectivity index (χ0n) is 11.2. The minimum Gasteiger partial charge on any atom is -0.480 e. The Morgan fingerprint density at radius 3 is 2.12 bits per heavy atom. The first-order valence-electron chi connectivity index (χ1n) is 6.02. The molecule has 5 heteroatoms. The van der Waals surface area contributed by atoms with Gasteiger partial charge in [-0.3, -0.25) is 14.5 Å². The van der Waals surface area contributed by atoms with Crippen molar-refractivity contribution >= 4 is 11.9 Å². The van der Waals surface area contributed by atoms with Gasteiger partial charge in [-0.15, -0.1) is 0 Å². The van der Waals surface area contributed by atoms with Crippen molar-refractivity contribution in [2.24, 2.45) is 11.8 Å². The Kier molecular flexibility index (Phi) is 7.54. The summed E-state index contributed by atoms with van der Waals surface area (Å²) in [6, 6.07) is 0. The summed E-state index contributed by atoms with van der Waals surface area (Å²) >= 11 is 0. The molecule has 0 saturated carbocycles. The van der Waals surface area contributed by atoms with Crippen molar-refractivity contribution in [3.05, 3.63) is 0 Å². The van der Waals surface area contributed by atoms with E-state index in [2.05, 4.69) is 5.32 Å². The molecule has 100 valence electrons. The topological polar surface area (TPSA) is 69.6 Å². The van der Waals surface area contributed by atoms with Crippen molar-refractivity contribution in [2.45, 2.75) is 27.7 Å². The summed E-state index contributed by atoms with van der Waals surface area (Å²) in [6.45, 7) is 9.34. The lowest BCUT2D eigenvalue weighted by Crippen LogP contribution is -2.42. The van der Waals surface area contributed by atoms with E-state index in [1.165, 1.54) is 0 Å². The molecule has 0 radical (unpaired) electrons. The average Bonchev–Trinajstić information content (AvgIpc) is 2.12.